The van der Waals surface area contributed by atoms with E-state index in [9.17, 15) is 9.59 Å². The van der Waals surface area contributed by atoms with Crippen LogP contribution in [0.15, 0.2) is 46.6 Å². The second-order valence-electron chi connectivity index (χ2n) is 6.26. The minimum atomic E-state index is -0.361. The number of amides is 2. The monoisotopic (exact) mass is 382 g/mol. The molecule has 0 aromatic carbocycles. The minimum absolute atomic E-state index is 0.0448. The van der Waals surface area contributed by atoms with Crippen molar-refractivity contribution in [2.75, 3.05) is 13.1 Å². The summed E-state index contributed by atoms with van der Waals surface area (Å²) in [5, 5.41) is 8.58. The molecule has 4 heterocycles. The summed E-state index contributed by atoms with van der Waals surface area (Å²) in [6.07, 6.45) is 4.46. The van der Waals surface area contributed by atoms with E-state index in [1.807, 2.05) is 11.0 Å². The van der Waals surface area contributed by atoms with Crippen LogP contribution in [-0.4, -0.2) is 39.9 Å². The first kappa shape index (κ1) is 17.4. The highest BCUT2D eigenvalue weighted by molar-refractivity contribution is 7.10. The molecule has 7 nitrogen and oxygen atoms in total. The van der Waals surface area contributed by atoms with E-state index in [0.29, 0.717) is 12.3 Å². The molecule has 0 bridgehead atoms. The van der Waals surface area contributed by atoms with Gasteiger partial charge in [0.1, 0.15) is 0 Å². The molecule has 1 aliphatic heterocycles. The van der Waals surface area contributed by atoms with E-state index < -0.39 is 0 Å². The van der Waals surface area contributed by atoms with Crippen LogP contribution in [0.1, 0.15) is 27.3 Å². The number of hydrogen-bond donors (Lipinski definition) is 1. The quantitative estimate of drug-likeness (QED) is 0.732. The van der Waals surface area contributed by atoms with Crippen LogP contribution in [0, 0.1) is 0 Å². The van der Waals surface area contributed by atoms with Crippen LogP contribution < -0.4 is 5.32 Å². The molecule has 0 unspecified atom stereocenters. The lowest BCUT2D eigenvalue weighted by molar-refractivity contribution is -0.131. The van der Waals surface area contributed by atoms with Crippen LogP contribution in [0.5, 0.6) is 0 Å². The van der Waals surface area contributed by atoms with Gasteiger partial charge >= 0.3 is 0 Å². The molecular weight excluding hydrogens is 364 g/mol. The SMILES string of the molecule is O=C(NCCC(=O)N1CCc2sccc2C1)c1cc(-c2cccnc2)on1. The fourth-order valence-corrected chi connectivity index (χ4v) is 3.91. The summed E-state index contributed by atoms with van der Waals surface area (Å²) in [6.45, 7) is 1.65. The van der Waals surface area contributed by atoms with Crippen molar-refractivity contribution < 1.29 is 14.1 Å². The van der Waals surface area contributed by atoms with E-state index in [1.54, 1.807) is 35.9 Å². The normalized spacial score (nSPS) is 13.3. The molecule has 3 aromatic heterocycles. The summed E-state index contributed by atoms with van der Waals surface area (Å²) < 4.78 is 5.20. The van der Waals surface area contributed by atoms with E-state index in [-0.39, 0.29) is 30.5 Å². The Bertz CT molecular complexity index is 951. The molecule has 0 spiro atoms. The van der Waals surface area contributed by atoms with Crippen molar-refractivity contribution in [3.8, 4) is 11.3 Å². The average Bonchev–Trinajstić information content (AvgIpc) is 3.37. The Kier molecular flexibility index (Phi) is 4.97. The van der Waals surface area contributed by atoms with Crippen LogP contribution in [0.2, 0.25) is 0 Å². The van der Waals surface area contributed by atoms with Gasteiger partial charge in [-0.05, 0) is 35.6 Å². The Labute approximate surface area is 160 Å². The predicted molar refractivity (Wildman–Crippen MR) is 100 cm³/mol. The summed E-state index contributed by atoms with van der Waals surface area (Å²) in [4.78, 5) is 31.8. The number of thiophene rings is 1. The third kappa shape index (κ3) is 3.90. The molecular formula is C19H18N4O3S. The van der Waals surface area contributed by atoms with Gasteiger partial charge in [0.2, 0.25) is 5.91 Å². The molecule has 0 radical (unpaired) electrons. The predicted octanol–water partition coefficient (Wildman–Crippen LogP) is 2.50. The largest absolute Gasteiger partial charge is 0.355 e. The van der Waals surface area contributed by atoms with Gasteiger partial charge < -0.3 is 14.7 Å². The summed E-state index contributed by atoms with van der Waals surface area (Å²) in [5.41, 5.74) is 2.16. The van der Waals surface area contributed by atoms with Crippen molar-refractivity contribution >= 4 is 23.2 Å². The Hall–Kier alpha value is -3.00. The minimum Gasteiger partial charge on any atom is -0.355 e. The van der Waals surface area contributed by atoms with Gasteiger partial charge in [0, 0.05) is 55.0 Å². The molecule has 1 N–H and O–H groups in total. The molecule has 27 heavy (non-hydrogen) atoms. The molecule has 138 valence electrons. The number of rotatable bonds is 5. The lowest BCUT2D eigenvalue weighted by atomic mass is 10.1. The Morgan fingerprint density at radius 3 is 3.11 bits per heavy atom. The smallest absolute Gasteiger partial charge is 0.273 e. The lowest BCUT2D eigenvalue weighted by Crippen LogP contribution is -2.37. The fraction of sp³-hybridized carbons (Fsp3) is 0.263. The van der Waals surface area contributed by atoms with Gasteiger partial charge in [-0.3, -0.25) is 14.6 Å². The summed E-state index contributed by atoms with van der Waals surface area (Å²) in [6, 6.07) is 7.25. The van der Waals surface area contributed by atoms with Crippen molar-refractivity contribution in [3.63, 3.8) is 0 Å². The number of carbonyl (C=O) groups is 2. The zero-order valence-electron chi connectivity index (χ0n) is 14.6. The Morgan fingerprint density at radius 1 is 1.33 bits per heavy atom. The number of nitrogens with one attached hydrogen (secondary N) is 1. The number of fused-ring (bicyclic) bond motifs is 1. The van der Waals surface area contributed by atoms with Gasteiger partial charge in [-0.15, -0.1) is 11.3 Å². The van der Waals surface area contributed by atoms with Gasteiger partial charge in [-0.25, -0.2) is 0 Å². The van der Waals surface area contributed by atoms with Crippen LogP contribution in [-0.2, 0) is 17.8 Å². The number of hydrogen-bond acceptors (Lipinski definition) is 6. The highest BCUT2D eigenvalue weighted by Gasteiger charge is 2.21. The second kappa shape index (κ2) is 7.71. The maximum atomic E-state index is 12.4. The van der Waals surface area contributed by atoms with Crippen molar-refractivity contribution in [2.24, 2.45) is 0 Å². The van der Waals surface area contributed by atoms with E-state index in [0.717, 1.165) is 18.5 Å². The van der Waals surface area contributed by atoms with Crippen LogP contribution in [0.3, 0.4) is 0 Å². The molecule has 3 aromatic rings. The lowest BCUT2D eigenvalue weighted by Gasteiger charge is -2.27. The maximum absolute atomic E-state index is 12.4. The van der Waals surface area contributed by atoms with Crippen molar-refractivity contribution in [2.45, 2.75) is 19.4 Å². The summed E-state index contributed by atoms with van der Waals surface area (Å²) in [5.74, 6) is 0.160. The molecule has 0 saturated carbocycles. The maximum Gasteiger partial charge on any atom is 0.273 e. The fourth-order valence-electron chi connectivity index (χ4n) is 3.02. The molecule has 0 fully saturated rings. The highest BCUT2D eigenvalue weighted by atomic mass is 32.1. The van der Waals surface area contributed by atoms with Crippen LogP contribution >= 0.6 is 11.3 Å². The van der Waals surface area contributed by atoms with Gasteiger partial charge in [0.25, 0.3) is 5.91 Å². The second-order valence-corrected chi connectivity index (χ2v) is 7.26. The van der Waals surface area contributed by atoms with Gasteiger partial charge in [-0.2, -0.15) is 0 Å². The first-order valence-corrected chi connectivity index (χ1v) is 9.57. The molecule has 0 aliphatic carbocycles. The van der Waals surface area contributed by atoms with E-state index in [4.69, 9.17) is 4.52 Å². The topological polar surface area (TPSA) is 88.3 Å². The number of pyridine rings is 1. The molecule has 0 saturated heterocycles. The van der Waals surface area contributed by atoms with Gasteiger partial charge in [0.05, 0.1) is 0 Å². The average molecular weight is 382 g/mol. The van der Waals surface area contributed by atoms with Crippen molar-refractivity contribution in [1.29, 1.82) is 0 Å². The molecule has 1 aliphatic rings. The van der Waals surface area contributed by atoms with E-state index in [2.05, 4.69) is 26.9 Å². The zero-order chi connectivity index (χ0) is 18.6. The van der Waals surface area contributed by atoms with Crippen molar-refractivity contribution in [3.05, 3.63) is 58.2 Å². The summed E-state index contributed by atoms with van der Waals surface area (Å²) >= 11 is 1.74. The first-order chi connectivity index (χ1) is 13.2. The van der Waals surface area contributed by atoms with E-state index >= 15 is 0 Å². The highest BCUT2D eigenvalue weighted by Crippen LogP contribution is 2.24. The summed E-state index contributed by atoms with van der Waals surface area (Å²) in [7, 11) is 0. The molecule has 0 atom stereocenters. The first-order valence-electron chi connectivity index (χ1n) is 8.69. The van der Waals surface area contributed by atoms with Gasteiger partial charge in [-0.1, -0.05) is 5.16 Å². The number of aromatic nitrogens is 2. The molecule has 2 amide bonds. The van der Waals surface area contributed by atoms with Crippen LogP contribution in [0.4, 0.5) is 0 Å². The van der Waals surface area contributed by atoms with Crippen LogP contribution in [0.25, 0.3) is 11.3 Å². The number of carbonyl (C=O) groups excluding carboxylic acids is 2. The Morgan fingerprint density at radius 2 is 2.26 bits per heavy atom. The number of nitrogens with zero attached hydrogens (tertiary/aromatic N) is 3. The van der Waals surface area contributed by atoms with Crippen molar-refractivity contribution in [1.82, 2.24) is 20.4 Å². The third-order valence-corrected chi connectivity index (χ3v) is 5.50. The molecule has 4 rings (SSSR count). The van der Waals surface area contributed by atoms with Gasteiger partial charge in [0.15, 0.2) is 11.5 Å². The third-order valence-electron chi connectivity index (χ3n) is 4.47. The van der Waals surface area contributed by atoms with E-state index in [1.165, 1.54) is 10.4 Å². The zero-order valence-corrected chi connectivity index (χ0v) is 15.4. The Balaban J connectivity index is 1.27. The standard InChI is InChI=1S/C19H18N4O3S/c24-18(23-8-4-17-14(12-23)5-9-27-17)3-7-21-19(25)15-10-16(26-22-15)13-2-1-6-20-11-13/h1-2,5-6,9-11H,3-4,7-8,12H2,(H,21,25). The molecule has 8 heteroatoms.